The quantitative estimate of drug-likeness (QED) is 0.542. The number of aliphatic carboxylic acids is 1. The van der Waals surface area contributed by atoms with E-state index in [2.05, 4.69) is 15.2 Å². The zero-order valence-corrected chi connectivity index (χ0v) is 19.2. The van der Waals surface area contributed by atoms with Gasteiger partial charge in [0.05, 0.1) is 0 Å². The molecule has 1 aromatic carbocycles. The highest BCUT2D eigenvalue weighted by Crippen LogP contribution is 2.31. The third kappa shape index (κ3) is 5.75. The van der Waals surface area contributed by atoms with Crippen molar-refractivity contribution in [3.63, 3.8) is 0 Å². The summed E-state index contributed by atoms with van der Waals surface area (Å²) in [6, 6.07) is 8.91. The minimum absolute atomic E-state index is 0.0933. The molecule has 0 bridgehead atoms. The highest BCUT2D eigenvalue weighted by atomic mass is 16.4. The summed E-state index contributed by atoms with van der Waals surface area (Å²) in [7, 11) is 0. The summed E-state index contributed by atoms with van der Waals surface area (Å²) in [5, 5.41) is 13.1. The second kappa shape index (κ2) is 10.9. The second-order valence-electron chi connectivity index (χ2n) is 9.56. The number of carboxylic acid groups (broad SMARTS) is 1. The molecule has 4 rings (SSSR count). The molecule has 2 saturated carbocycles. The van der Waals surface area contributed by atoms with Crippen molar-refractivity contribution in [2.24, 2.45) is 0 Å². The Morgan fingerprint density at radius 2 is 1.58 bits per heavy atom. The molecule has 2 aliphatic carbocycles. The lowest BCUT2D eigenvalue weighted by Crippen LogP contribution is -2.56. The molecule has 2 amide bonds. The van der Waals surface area contributed by atoms with Gasteiger partial charge in [-0.2, -0.15) is 0 Å². The van der Waals surface area contributed by atoms with E-state index >= 15 is 0 Å². The molecule has 0 aliphatic heterocycles. The van der Waals surface area contributed by atoms with Crippen LogP contribution in [0, 0.1) is 0 Å². The van der Waals surface area contributed by atoms with Crippen molar-refractivity contribution in [2.75, 3.05) is 0 Å². The van der Waals surface area contributed by atoms with Gasteiger partial charge < -0.3 is 20.3 Å². The van der Waals surface area contributed by atoms with Crippen LogP contribution < -0.4 is 5.32 Å². The average molecular weight is 454 g/mol. The largest absolute Gasteiger partial charge is 0.481 e. The van der Waals surface area contributed by atoms with E-state index in [0.29, 0.717) is 5.69 Å². The Hall–Kier alpha value is -2.83. The highest BCUT2D eigenvalue weighted by molar-refractivity contribution is 6.00. The zero-order chi connectivity index (χ0) is 23.2. The van der Waals surface area contributed by atoms with Crippen LogP contribution in [0.4, 0.5) is 0 Å². The third-order valence-corrected chi connectivity index (χ3v) is 7.22. The van der Waals surface area contributed by atoms with Crippen LogP contribution in [0.15, 0.2) is 30.3 Å². The number of amides is 2. The standard InChI is InChI=1S/C26H35N3O4/c30-24(31)16-15-22(28-25(32)23-17-18-9-7-8-14-21(18)27-23)26(33)29(19-10-3-1-4-11-19)20-12-5-2-6-13-20/h7-9,14,17,19-20,22,27H,1-6,10-13,15-16H2,(H,28,32)(H,30,31)/t22-/m0/s1. The Balaban J connectivity index is 1.56. The number of carbonyl (C=O) groups excluding carboxylic acids is 2. The molecule has 0 radical (unpaired) electrons. The van der Waals surface area contributed by atoms with Crippen LogP contribution in [-0.2, 0) is 9.59 Å². The number of aromatic nitrogens is 1. The van der Waals surface area contributed by atoms with E-state index in [1.165, 1.54) is 12.8 Å². The van der Waals surface area contributed by atoms with Crippen LogP contribution in [0.25, 0.3) is 10.9 Å². The number of carbonyl (C=O) groups is 3. The van der Waals surface area contributed by atoms with Gasteiger partial charge in [0.1, 0.15) is 11.7 Å². The molecule has 2 aromatic rings. The van der Waals surface area contributed by atoms with E-state index in [1.54, 1.807) is 6.07 Å². The Morgan fingerprint density at radius 1 is 0.970 bits per heavy atom. The number of aromatic amines is 1. The predicted octanol–water partition coefficient (Wildman–Crippen LogP) is 4.63. The molecular weight excluding hydrogens is 418 g/mol. The van der Waals surface area contributed by atoms with Gasteiger partial charge in [-0.25, -0.2) is 0 Å². The Bertz CT molecular complexity index is 922. The molecule has 2 fully saturated rings. The number of rotatable bonds is 8. The summed E-state index contributed by atoms with van der Waals surface area (Å²) < 4.78 is 0. The molecule has 1 heterocycles. The van der Waals surface area contributed by atoms with Gasteiger partial charge in [-0.15, -0.1) is 0 Å². The van der Waals surface area contributed by atoms with Crippen LogP contribution >= 0.6 is 0 Å². The maximum atomic E-state index is 13.9. The van der Waals surface area contributed by atoms with E-state index in [4.69, 9.17) is 0 Å². The molecule has 3 N–H and O–H groups in total. The van der Waals surface area contributed by atoms with Gasteiger partial charge in [-0.1, -0.05) is 56.7 Å². The molecule has 7 heteroatoms. The first kappa shape index (κ1) is 23.3. The number of hydrogen-bond acceptors (Lipinski definition) is 3. The molecule has 1 aromatic heterocycles. The third-order valence-electron chi connectivity index (χ3n) is 7.22. The van der Waals surface area contributed by atoms with Crippen molar-refractivity contribution < 1.29 is 19.5 Å². The topological polar surface area (TPSA) is 102 Å². The lowest BCUT2D eigenvalue weighted by Gasteiger charge is -2.43. The SMILES string of the molecule is O=C(O)CC[C@H](NC(=O)c1cc2ccccc2[nH]1)C(=O)N(C1CCCCC1)C1CCCCC1. The van der Waals surface area contributed by atoms with E-state index in [0.717, 1.165) is 62.3 Å². The highest BCUT2D eigenvalue weighted by Gasteiger charge is 2.36. The fraction of sp³-hybridized carbons (Fsp3) is 0.577. The number of benzene rings is 1. The summed E-state index contributed by atoms with van der Waals surface area (Å²) >= 11 is 0. The second-order valence-corrected chi connectivity index (χ2v) is 9.56. The van der Waals surface area contributed by atoms with Crippen LogP contribution in [0.3, 0.4) is 0 Å². The summed E-state index contributed by atoms with van der Waals surface area (Å²) in [5.41, 5.74) is 1.23. The first-order valence-electron chi connectivity index (χ1n) is 12.5. The predicted molar refractivity (Wildman–Crippen MR) is 127 cm³/mol. The molecule has 0 spiro atoms. The summed E-state index contributed by atoms with van der Waals surface area (Å²) in [4.78, 5) is 43.5. The minimum Gasteiger partial charge on any atom is -0.481 e. The molecule has 0 saturated heterocycles. The van der Waals surface area contributed by atoms with Gasteiger partial charge in [0.2, 0.25) is 5.91 Å². The Labute approximate surface area is 194 Å². The molecule has 2 aliphatic rings. The monoisotopic (exact) mass is 453 g/mol. The normalized spacial score (nSPS) is 18.7. The Kier molecular flexibility index (Phi) is 7.68. The number of fused-ring (bicyclic) bond motifs is 1. The van der Waals surface area contributed by atoms with Crippen LogP contribution in [0.2, 0.25) is 0 Å². The van der Waals surface area contributed by atoms with Gasteiger partial charge in [0.15, 0.2) is 0 Å². The van der Waals surface area contributed by atoms with Gasteiger partial charge >= 0.3 is 5.97 Å². The molecule has 33 heavy (non-hydrogen) atoms. The first-order valence-corrected chi connectivity index (χ1v) is 12.5. The summed E-state index contributed by atoms with van der Waals surface area (Å²) in [5.74, 6) is -1.45. The van der Waals surface area contributed by atoms with E-state index in [1.807, 2.05) is 24.3 Å². The van der Waals surface area contributed by atoms with Gasteiger partial charge in [-0.3, -0.25) is 14.4 Å². The number of hydrogen-bond donors (Lipinski definition) is 3. The van der Waals surface area contributed by atoms with E-state index in [9.17, 15) is 19.5 Å². The lowest BCUT2D eigenvalue weighted by atomic mass is 9.88. The van der Waals surface area contributed by atoms with E-state index in [-0.39, 0.29) is 36.7 Å². The average Bonchev–Trinajstić information content (AvgIpc) is 3.27. The van der Waals surface area contributed by atoms with Crippen LogP contribution in [0.1, 0.15) is 87.5 Å². The fourth-order valence-corrected chi connectivity index (χ4v) is 5.51. The minimum atomic E-state index is -0.963. The number of nitrogens with zero attached hydrogens (tertiary/aromatic N) is 1. The van der Waals surface area contributed by atoms with Crippen LogP contribution in [-0.4, -0.2) is 50.9 Å². The van der Waals surface area contributed by atoms with Gasteiger partial charge in [0, 0.05) is 29.4 Å². The lowest BCUT2D eigenvalue weighted by molar-refractivity contribution is -0.141. The van der Waals surface area contributed by atoms with Gasteiger partial charge in [-0.05, 0) is 44.2 Å². The van der Waals surface area contributed by atoms with Crippen molar-refractivity contribution in [2.45, 2.75) is 95.2 Å². The summed E-state index contributed by atoms with van der Waals surface area (Å²) in [6.07, 6.45) is 10.7. The smallest absolute Gasteiger partial charge is 0.303 e. The first-order chi connectivity index (χ1) is 16.0. The molecular formula is C26H35N3O4. The van der Waals surface area contributed by atoms with Crippen molar-refractivity contribution >= 4 is 28.7 Å². The van der Waals surface area contributed by atoms with Crippen LogP contribution in [0.5, 0.6) is 0 Å². The number of H-pyrrole nitrogens is 1. The number of para-hydroxylation sites is 1. The van der Waals surface area contributed by atoms with E-state index < -0.39 is 12.0 Å². The number of carboxylic acids is 1. The molecule has 7 nitrogen and oxygen atoms in total. The zero-order valence-electron chi connectivity index (χ0n) is 19.2. The maximum absolute atomic E-state index is 13.9. The number of nitrogens with one attached hydrogen (secondary N) is 2. The fourth-order valence-electron chi connectivity index (χ4n) is 5.51. The summed E-state index contributed by atoms with van der Waals surface area (Å²) in [6.45, 7) is 0. The van der Waals surface area contributed by atoms with Crippen molar-refractivity contribution in [3.05, 3.63) is 36.0 Å². The molecule has 178 valence electrons. The molecule has 1 atom stereocenters. The van der Waals surface area contributed by atoms with Crippen molar-refractivity contribution in [1.82, 2.24) is 15.2 Å². The Morgan fingerprint density at radius 3 is 2.15 bits per heavy atom. The van der Waals surface area contributed by atoms with Crippen molar-refractivity contribution in [3.8, 4) is 0 Å². The maximum Gasteiger partial charge on any atom is 0.303 e. The van der Waals surface area contributed by atoms with Gasteiger partial charge in [0.25, 0.3) is 5.91 Å². The molecule has 0 unspecified atom stereocenters. The van der Waals surface area contributed by atoms with Crippen molar-refractivity contribution in [1.29, 1.82) is 0 Å².